The van der Waals surface area contributed by atoms with E-state index in [2.05, 4.69) is 65.9 Å². The van der Waals surface area contributed by atoms with Gasteiger partial charge in [0.2, 0.25) is 0 Å². The van der Waals surface area contributed by atoms with Crippen molar-refractivity contribution < 1.29 is 9.47 Å². The van der Waals surface area contributed by atoms with Crippen molar-refractivity contribution >= 4 is 5.96 Å². The summed E-state index contributed by atoms with van der Waals surface area (Å²) in [5.41, 5.74) is 3.53. The van der Waals surface area contributed by atoms with Crippen LogP contribution in [-0.2, 0) is 29.2 Å². The average molecular weight is 427 g/mol. The van der Waals surface area contributed by atoms with Crippen molar-refractivity contribution in [3.8, 4) is 0 Å². The molecule has 0 radical (unpaired) electrons. The van der Waals surface area contributed by atoms with Crippen LogP contribution in [0.1, 0.15) is 30.0 Å². The smallest absolute Gasteiger partial charge is 0.191 e. The molecule has 6 nitrogen and oxygen atoms in total. The molecule has 2 aromatic carbocycles. The Morgan fingerprint density at radius 2 is 1.68 bits per heavy atom. The van der Waals surface area contributed by atoms with Crippen molar-refractivity contribution in [2.45, 2.75) is 33.1 Å². The van der Waals surface area contributed by atoms with E-state index >= 15 is 0 Å². The maximum atomic E-state index is 5.86. The molecule has 0 atom stereocenters. The molecule has 2 N–H and O–H groups in total. The van der Waals surface area contributed by atoms with Crippen LogP contribution in [0.2, 0.25) is 0 Å². The van der Waals surface area contributed by atoms with Crippen molar-refractivity contribution in [2.24, 2.45) is 4.99 Å². The van der Waals surface area contributed by atoms with Gasteiger partial charge in [0.25, 0.3) is 0 Å². The van der Waals surface area contributed by atoms with Crippen LogP contribution in [0.25, 0.3) is 0 Å². The molecule has 0 aliphatic rings. The minimum Gasteiger partial charge on any atom is -0.385 e. The third kappa shape index (κ3) is 11.0. The van der Waals surface area contributed by atoms with E-state index in [-0.39, 0.29) is 0 Å². The van der Waals surface area contributed by atoms with E-state index in [4.69, 9.17) is 14.5 Å². The van der Waals surface area contributed by atoms with Crippen LogP contribution in [0, 0.1) is 0 Å². The molecular weight excluding hydrogens is 388 g/mol. The van der Waals surface area contributed by atoms with Crippen LogP contribution >= 0.6 is 0 Å². The fourth-order valence-corrected chi connectivity index (χ4v) is 3.15. The van der Waals surface area contributed by atoms with Crippen LogP contribution in [0.5, 0.6) is 0 Å². The highest BCUT2D eigenvalue weighted by molar-refractivity contribution is 5.79. The molecule has 0 amide bonds. The molecule has 2 rings (SSSR count). The van der Waals surface area contributed by atoms with Gasteiger partial charge in [0.1, 0.15) is 0 Å². The average Bonchev–Trinajstić information content (AvgIpc) is 2.79. The van der Waals surface area contributed by atoms with Crippen LogP contribution in [0.15, 0.2) is 59.6 Å². The number of hydrogen-bond acceptors (Lipinski definition) is 4. The molecule has 31 heavy (non-hydrogen) atoms. The number of likely N-dealkylation sites (N-methyl/N-ethyl adjacent to an activating group) is 1. The highest BCUT2D eigenvalue weighted by Gasteiger charge is 2.02. The monoisotopic (exact) mass is 426 g/mol. The quantitative estimate of drug-likeness (QED) is 0.275. The van der Waals surface area contributed by atoms with Gasteiger partial charge >= 0.3 is 0 Å². The second-order valence-electron chi connectivity index (χ2n) is 7.57. The molecule has 0 unspecified atom stereocenters. The number of rotatable bonds is 14. The van der Waals surface area contributed by atoms with E-state index in [1.54, 1.807) is 7.11 Å². The number of benzene rings is 2. The second-order valence-corrected chi connectivity index (χ2v) is 7.57. The fraction of sp³-hybridized carbons (Fsp3) is 0.480. The molecule has 0 bridgehead atoms. The first-order valence-corrected chi connectivity index (χ1v) is 11.1. The number of methoxy groups -OCH3 is 1. The maximum Gasteiger partial charge on any atom is 0.191 e. The Labute approximate surface area is 187 Å². The maximum absolute atomic E-state index is 5.86. The molecule has 0 aromatic heterocycles. The van der Waals surface area contributed by atoms with Crippen molar-refractivity contribution in [3.63, 3.8) is 0 Å². The zero-order valence-electron chi connectivity index (χ0n) is 19.3. The predicted octanol–water partition coefficient (Wildman–Crippen LogP) is 3.43. The van der Waals surface area contributed by atoms with Crippen LogP contribution in [-0.4, -0.2) is 57.8 Å². The van der Waals surface area contributed by atoms with Gasteiger partial charge in [-0.1, -0.05) is 54.6 Å². The molecule has 0 fully saturated rings. The highest BCUT2D eigenvalue weighted by Crippen LogP contribution is 2.10. The van der Waals surface area contributed by atoms with Crippen molar-refractivity contribution in [3.05, 3.63) is 71.3 Å². The van der Waals surface area contributed by atoms with Gasteiger partial charge in [0.15, 0.2) is 5.96 Å². The lowest BCUT2D eigenvalue weighted by Crippen LogP contribution is -2.41. The Morgan fingerprint density at radius 3 is 2.45 bits per heavy atom. The lowest BCUT2D eigenvalue weighted by atomic mass is 10.1. The summed E-state index contributed by atoms with van der Waals surface area (Å²) in [6.45, 7) is 8.41. The summed E-state index contributed by atoms with van der Waals surface area (Å²) in [5.74, 6) is 0.846. The molecule has 0 saturated heterocycles. The topological polar surface area (TPSA) is 58.1 Å². The minimum atomic E-state index is 0.597. The largest absolute Gasteiger partial charge is 0.385 e. The third-order valence-corrected chi connectivity index (χ3v) is 4.81. The minimum absolute atomic E-state index is 0.597. The summed E-state index contributed by atoms with van der Waals surface area (Å²) < 4.78 is 11.0. The first-order valence-electron chi connectivity index (χ1n) is 11.1. The third-order valence-electron chi connectivity index (χ3n) is 4.81. The van der Waals surface area contributed by atoms with Crippen molar-refractivity contribution in [2.75, 3.05) is 46.9 Å². The summed E-state index contributed by atoms with van der Waals surface area (Å²) in [7, 11) is 3.88. The first kappa shape index (κ1) is 24.9. The molecule has 0 saturated carbocycles. The Hall–Kier alpha value is -2.41. The highest BCUT2D eigenvalue weighted by atomic mass is 16.5. The van der Waals surface area contributed by atoms with Crippen LogP contribution in [0.4, 0.5) is 0 Å². The Morgan fingerprint density at radius 1 is 0.935 bits per heavy atom. The summed E-state index contributed by atoms with van der Waals surface area (Å²) in [4.78, 5) is 7.04. The van der Waals surface area contributed by atoms with E-state index in [0.717, 1.165) is 45.2 Å². The molecule has 0 heterocycles. The van der Waals surface area contributed by atoms with Gasteiger partial charge < -0.3 is 25.0 Å². The Bertz CT molecular complexity index is 752. The molecule has 6 heteroatoms. The number of nitrogens with zero attached hydrogens (tertiary/aromatic N) is 2. The number of aliphatic imine (C=N–C) groups is 1. The summed E-state index contributed by atoms with van der Waals surface area (Å²) in [6.07, 6.45) is 1.05. The van der Waals surface area contributed by atoms with E-state index in [1.807, 2.05) is 18.2 Å². The molecule has 0 spiro atoms. The number of ether oxygens (including phenoxy) is 2. The van der Waals surface area contributed by atoms with E-state index < -0.39 is 0 Å². The zero-order valence-corrected chi connectivity index (χ0v) is 19.3. The van der Waals surface area contributed by atoms with Crippen LogP contribution in [0.3, 0.4) is 0 Å². The summed E-state index contributed by atoms with van der Waals surface area (Å²) in [5, 5.41) is 6.74. The van der Waals surface area contributed by atoms with E-state index in [9.17, 15) is 0 Å². The zero-order chi connectivity index (χ0) is 22.2. The summed E-state index contributed by atoms with van der Waals surface area (Å²) in [6, 6.07) is 18.7. The number of nitrogens with one attached hydrogen (secondary N) is 2. The van der Waals surface area contributed by atoms with Gasteiger partial charge in [0.05, 0.1) is 19.8 Å². The van der Waals surface area contributed by atoms with Gasteiger partial charge in [-0.3, -0.25) is 0 Å². The van der Waals surface area contributed by atoms with Gasteiger partial charge in [-0.05, 0) is 37.1 Å². The Balaban J connectivity index is 1.78. The Kier molecular flexibility index (Phi) is 12.3. The van der Waals surface area contributed by atoms with Crippen molar-refractivity contribution in [1.82, 2.24) is 15.5 Å². The molecule has 2 aromatic rings. The van der Waals surface area contributed by atoms with Crippen LogP contribution < -0.4 is 10.6 Å². The molecule has 170 valence electrons. The predicted molar refractivity (Wildman–Crippen MR) is 128 cm³/mol. The first-order chi connectivity index (χ1) is 15.2. The van der Waals surface area contributed by atoms with Crippen molar-refractivity contribution in [1.29, 1.82) is 0 Å². The lowest BCUT2D eigenvalue weighted by molar-refractivity contribution is 0.107. The molecule has 0 aliphatic heterocycles. The number of guanidine groups is 1. The molecule has 0 aliphatic carbocycles. The van der Waals surface area contributed by atoms with Gasteiger partial charge in [-0.25, -0.2) is 4.99 Å². The fourth-order valence-electron chi connectivity index (χ4n) is 3.15. The standard InChI is InChI=1S/C25H38N4O2/c1-4-26-25(27-14-16-29(2)15-9-17-30-3)28-19-23-12-8-13-24(18-23)21-31-20-22-10-6-5-7-11-22/h5-8,10-13,18H,4,9,14-17,19-21H2,1-3H3,(H2,26,27,28). The van der Waals surface area contributed by atoms with Gasteiger partial charge in [0, 0.05) is 39.9 Å². The number of hydrogen-bond donors (Lipinski definition) is 2. The van der Waals surface area contributed by atoms with E-state index in [0.29, 0.717) is 19.8 Å². The normalized spacial score (nSPS) is 11.7. The summed E-state index contributed by atoms with van der Waals surface area (Å²) >= 11 is 0. The lowest BCUT2D eigenvalue weighted by Gasteiger charge is -2.18. The molecular formula is C25H38N4O2. The van der Waals surface area contributed by atoms with Gasteiger partial charge in [-0.2, -0.15) is 0 Å². The van der Waals surface area contributed by atoms with Gasteiger partial charge in [-0.15, -0.1) is 0 Å². The van der Waals surface area contributed by atoms with E-state index in [1.165, 1.54) is 16.7 Å². The SMILES string of the molecule is CCNC(=NCc1cccc(COCc2ccccc2)c1)NCCN(C)CCCOC. The second kappa shape index (κ2) is 15.4.